The van der Waals surface area contributed by atoms with Gasteiger partial charge in [-0.3, -0.25) is 0 Å². The van der Waals surface area contributed by atoms with Crippen LogP contribution in [-0.2, 0) is 9.84 Å². The minimum Gasteiger partial charge on any atom is -0.464 e. The summed E-state index contributed by atoms with van der Waals surface area (Å²) in [5, 5.41) is 1.01. The monoisotopic (exact) mass is 281 g/mol. The Labute approximate surface area is 113 Å². The van der Waals surface area contributed by atoms with Crippen LogP contribution < -0.4 is 5.73 Å². The molecule has 1 unspecified atom stereocenters. The van der Waals surface area contributed by atoms with Gasteiger partial charge >= 0.3 is 0 Å². The summed E-state index contributed by atoms with van der Waals surface area (Å²) >= 11 is 0. The normalized spacial score (nSPS) is 13.8. The lowest BCUT2D eigenvalue weighted by Crippen LogP contribution is -2.14. The largest absolute Gasteiger partial charge is 0.464 e. The van der Waals surface area contributed by atoms with E-state index in [2.05, 4.69) is 0 Å². The standard InChI is InChI=1S/C14H19NO3S/c1-2-19(16,17)9-5-7-13(15)12-10-18-14-8-4-3-6-11(12)14/h3-4,6,8,10,13H,2,5,7,9,15H2,1H3. The van der Waals surface area contributed by atoms with Crippen molar-refractivity contribution in [3.05, 3.63) is 36.1 Å². The Morgan fingerprint density at radius 3 is 2.79 bits per heavy atom. The first-order chi connectivity index (χ1) is 9.03. The highest BCUT2D eigenvalue weighted by Crippen LogP contribution is 2.27. The van der Waals surface area contributed by atoms with Crippen LogP contribution in [0.5, 0.6) is 0 Å². The van der Waals surface area contributed by atoms with Crippen molar-refractivity contribution in [3.63, 3.8) is 0 Å². The average Bonchev–Trinajstić information content (AvgIpc) is 2.82. The molecule has 0 fully saturated rings. The molecule has 0 aliphatic rings. The Balaban J connectivity index is 2.02. The molecule has 2 rings (SSSR count). The van der Waals surface area contributed by atoms with Crippen LogP contribution in [0.25, 0.3) is 11.0 Å². The smallest absolute Gasteiger partial charge is 0.150 e. The summed E-state index contributed by atoms with van der Waals surface area (Å²) < 4.78 is 28.3. The van der Waals surface area contributed by atoms with E-state index in [1.54, 1.807) is 13.2 Å². The maximum absolute atomic E-state index is 11.4. The maximum atomic E-state index is 11.4. The Morgan fingerprint density at radius 2 is 2.05 bits per heavy atom. The van der Waals surface area contributed by atoms with E-state index >= 15 is 0 Å². The van der Waals surface area contributed by atoms with Gasteiger partial charge in [-0.1, -0.05) is 25.1 Å². The van der Waals surface area contributed by atoms with Crippen molar-refractivity contribution >= 4 is 20.8 Å². The Hall–Kier alpha value is -1.33. The summed E-state index contributed by atoms with van der Waals surface area (Å²) in [6, 6.07) is 7.53. The van der Waals surface area contributed by atoms with Crippen molar-refractivity contribution in [1.82, 2.24) is 0 Å². The van der Waals surface area contributed by atoms with Gasteiger partial charge in [0.15, 0.2) is 0 Å². The SMILES string of the molecule is CCS(=O)(=O)CCCC(N)c1coc2ccccc12. The van der Waals surface area contributed by atoms with E-state index in [1.807, 2.05) is 24.3 Å². The van der Waals surface area contributed by atoms with Gasteiger partial charge in [-0.25, -0.2) is 8.42 Å². The van der Waals surface area contributed by atoms with E-state index < -0.39 is 9.84 Å². The van der Waals surface area contributed by atoms with Crippen LogP contribution in [0.2, 0.25) is 0 Å². The lowest BCUT2D eigenvalue weighted by molar-refractivity contribution is 0.575. The van der Waals surface area contributed by atoms with Crippen LogP contribution >= 0.6 is 0 Å². The molecule has 0 radical (unpaired) electrons. The molecule has 1 aromatic heterocycles. The van der Waals surface area contributed by atoms with Crippen molar-refractivity contribution in [2.45, 2.75) is 25.8 Å². The summed E-state index contributed by atoms with van der Waals surface area (Å²) in [6.45, 7) is 1.67. The van der Waals surface area contributed by atoms with Crippen LogP contribution in [0, 0.1) is 0 Å². The van der Waals surface area contributed by atoms with E-state index in [4.69, 9.17) is 10.2 Å². The Bertz CT molecular complexity index is 646. The first kappa shape index (κ1) is 14.1. The van der Waals surface area contributed by atoms with Crippen LogP contribution in [-0.4, -0.2) is 19.9 Å². The Kier molecular flexibility index (Phi) is 4.27. The van der Waals surface area contributed by atoms with Gasteiger partial charge in [0.1, 0.15) is 15.4 Å². The fourth-order valence-corrected chi connectivity index (χ4v) is 3.00. The number of sulfone groups is 1. The number of fused-ring (bicyclic) bond motifs is 1. The van der Waals surface area contributed by atoms with Crippen molar-refractivity contribution in [2.75, 3.05) is 11.5 Å². The number of rotatable bonds is 6. The predicted octanol–water partition coefficient (Wildman–Crippen LogP) is 2.65. The Morgan fingerprint density at radius 1 is 1.32 bits per heavy atom. The maximum Gasteiger partial charge on any atom is 0.150 e. The van der Waals surface area contributed by atoms with Crippen molar-refractivity contribution in [1.29, 1.82) is 0 Å². The second-order valence-electron chi connectivity index (χ2n) is 4.67. The van der Waals surface area contributed by atoms with E-state index in [0.717, 1.165) is 16.5 Å². The summed E-state index contributed by atoms with van der Waals surface area (Å²) in [5.74, 6) is 0.393. The third-order valence-electron chi connectivity index (χ3n) is 3.32. The molecule has 2 aromatic rings. The molecule has 0 bridgehead atoms. The number of furan rings is 1. The quantitative estimate of drug-likeness (QED) is 0.883. The molecule has 0 saturated heterocycles. The minimum atomic E-state index is -2.91. The van der Waals surface area contributed by atoms with Crippen LogP contribution in [0.4, 0.5) is 0 Å². The van der Waals surface area contributed by atoms with Crippen molar-refractivity contribution in [3.8, 4) is 0 Å². The van der Waals surface area contributed by atoms with Crippen LogP contribution in [0.3, 0.4) is 0 Å². The average molecular weight is 281 g/mol. The first-order valence-corrected chi connectivity index (χ1v) is 8.28. The molecular formula is C14H19NO3S. The molecule has 1 atom stereocenters. The fraction of sp³-hybridized carbons (Fsp3) is 0.429. The number of hydrogen-bond acceptors (Lipinski definition) is 4. The third kappa shape index (κ3) is 3.36. The first-order valence-electron chi connectivity index (χ1n) is 6.45. The second-order valence-corrected chi connectivity index (χ2v) is 7.15. The van der Waals surface area contributed by atoms with E-state index in [1.165, 1.54) is 0 Å². The molecular weight excluding hydrogens is 262 g/mol. The van der Waals surface area contributed by atoms with Crippen LogP contribution in [0.15, 0.2) is 34.9 Å². The van der Waals surface area contributed by atoms with Gasteiger partial charge in [0.05, 0.1) is 12.0 Å². The molecule has 0 spiro atoms. The molecule has 0 aliphatic heterocycles. The van der Waals surface area contributed by atoms with Gasteiger partial charge in [0, 0.05) is 22.7 Å². The molecule has 4 nitrogen and oxygen atoms in total. The van der Waals surface area contributed by atoms with Crippen LogP contribution in [0.1, 0.15) is 31.4 Å². The third-order valence-corrected chi connectivity index (χ3v) is 5.11. The molecule has 104 valence electrons. The highest BCUT2D eigenvalue weighted by molar-refractivity contribution is 7.91. The zero-order chi connectivity index (χ0) is 13.9. The van der Waals surface area contributed by atoms with Gasteiger partial charge in [-0.15, -0.1) is 0 Å². The van der Waals surface area contributed by atoms with Gasteiger partial charge < -0.3 is 10.2 Å². The molecule has 1 aromatic carbocycles. The number of para-hydroxylation sites is 1. The van der Waals surface area contributed by atoms with Crippen molar-refractivity contribution < 1.29 is 12.8 Å². The number of nitrogens with two attached hydrogens (primary N) is 1. The molecule has 1 heterocycles. The summed E-state index contributed by atoms with van der Waals surface area (Å²) in [4.78, 5) is 0. The summed E-state index contributed by atoms with van der Waals surface area (Å²) in [5.41, 5.74) is 7.88. The molecule has 19 heavy (non-hydrogen) atoms. The zero-order valence-electron chi connectivity index (χ0n) is 11.0. The highest BCUT2D eigenvalue weighted by atomic mass is 32.2. The van der Waals surface area contributed by atoms with Crippen molar-refractivity contribution in [2.24, 2.45) is 5.73 Å². The van der Waals surface area contributed by atoms with E-state index in [-0.39, 0.29) is 17.5 Å². The van der Waals surface area contributed by atoms with Gasteiger partial charge in [-0.2, -0.15) is 0 Å². The van der Waals surface area contributed by atoms with Gasteiger partial charge in [-0.05, 0) is 18.9 Å². The minimum absolute atomic E-state index is 0.185. The van der Waals surface area contributed by atoms with Gasteiger partial charge in [0.25, 0.3) is 0 Å². The molecule has 5 heteroatoms. The predicted molar refractivity (Wildman–Crippen MR) is 76.7 cm³/mol. The van der Waals surface area contributed by atoms with E-state index in [9.17, 15) is 8.42 Å². The number of hydrogen-bond donors (Lipinski definition) is 1. The van der Waals surface area contributed by atoms with E-state index in [0.29, 0.717) is 12.8 Å². The lowest BCUT2D eigenvalue weighted by atomic mass is 10.0. The molecule has 0 aliphatic carbocycles. The summed E-state index contributed by atoms with van der Waals surface area (Å²) in [6.07, 6.45) is 2.89. The number of benzene rings is 1. The summed E-state index contributed by atoms with van der Waals surface area (Å²) in [7, 11) is -2.91. The molecule has 0 amide bonds. The zero-order valence-corrected chi connectivity index (χ0v) is 11.8. The second kappa shape index (κ2) is 5.75. The van der Waals surface area contributed by atoms with Gasteiger partial charge in [0.2, 0.25) is 0 Å². The molecule has 0 saturated carbocycles. The molecule has 2 N–H and O–H groups in total. The highest BCUT2D eigenvalue weighted by Gasteiger charge is 2.14. The fourth-order valence-electron chi connectivity index (χ4n) is 2.11. The lowest BCUT2D eigenvalue weighted by Gasteiger charge is -2.09. The topological polar surface area (TPSA) is 73.3 Å².